The Hall–Kier alpha value is -0.770. The predicted molar refractivity (Wildman–Crippen MR) is 94.3 cm³/mol. The fourth-order valence-electron chi connectivity index (χ4n) is 3.53. The SMILES string of the molecule is CNCCC1CCN(CCc2ccc3c(c2)CCO3)CC1.Cl. The lowest BCUT2D eigenvalue weighted by molar-refractivity contribution is 0.181. The first-order valence-corrected chi connectivity index (χ1v) is 8.46. The molecule has 0 atom stereocenters. The van der Waals surface area contributed by atoms with Gasteiger partial charge in [-0.2, -0.15) is 0 Å². The third kappa shape index (κ3) is 4.61. The fourth-order valence-corrected chi connectivity index (χ4v) is 3.53. The van der Waals surface area contributed by atoms with E-state index >= 15 is 0 Å². The maximum atomic E-state index is 5.58. The summed E-state index contributed by atoms with van der Waals surface area (Å²) in [4.78, 5) is 2.64. The minimum Gasteiger partial charge on any atom is -0.493 e. The minimum atomic E-state index is 0. The van der Waals surface area contributed by atoms with E-state index in [-0.39, 0.29) is 12.4 Å². The van der Waals surface area contributed by atoms with Gasteiger partial charge in [0.2, 0.25) is 0 Å². The summed E-state index contributed by atoms with van der Waals surface area (Å²) in [5.74, 6) is 2.04. The number of nitrogens with one attached hydrogen (secondary N) is 1. The summed E-state index contributed by atoms with van der Waals surface area (Å²) in [5.41, 5.74) is 2.87. The van der Waals surface area contributed by atoms with Crippen molar-refractivity contribution in [2.75, 3.05) is 39.8 Å². The molecule has 0 aliphatic carbocycles. The molecule has 2 aliphatic heterocycles. The van der Waals surface area contributed by atoms with Gasteiger partial charge in [0, 0.05) is 13.0 Å². The first-order valence-electron chi connectivity index (χ1n) is 8.46. The highest BCUT2D eigenvalue weighted by Crippen LogP contribution is 2.26. The molecular formula is C18H29ClN2O. The Balaban J connectivity index is 0.00000176. The Morgan fingerprint density at radius 3 is 2.86 bits per heavy atom. The molecule has 22 heavy (non-hydrogen) atoms. The van der Waals surface area contributed by atoms with E-state index in [1.165, 1.54) is 63.0 Å². The van der Waals surface area contributed by atoms with E-state index in [0.29, 0.717) is 0 Å². The Morgan fingerprint density at radius 1 is 1.27 bits per heavy atom. The second kappa shape index (κ2) is 8.76. The maximum Gasteiger partial charge on any atom is 0.122 e. The zero-order chi connectivity index (χ0) is 14.5. The molecule has 1 fully saturated rings. The number of hydrogen-bond acceptors (Lipinski definition) is 3. The smallest absolute Gasteiger partial charge is 0.122 e. The van der Waals surface area contributed by atoms with Crippen LogP contribution in [0.2, 0.25) is 0 Å². The summed E-state index contributed by atoms with van der Waals surface area (Å²) >= 11 is 0. The molecule has 0 unspecified atom stereocenters. The van der Waals surface area contributed by atoms with Crippen molar-refractivity contribution in [2.45, 2.75) is 32.1 Å². The van der Waals surface area contributed by atoms with Crippen LogP contribution in [0.4, 0.5) is 0 Å². The van der Waals surface area contributed by atoms with Gasteiger partial charge in [-0.3, -0.25) is 0 Å². The third-order valence-corrected chi connectivity index (χ3v) is 4.98. The van der Waals surface area contributed by atoms with Gasteiger partial charge in [-0.15, -0.1) is 12.4 Å². The lowest BCUT2D eigenvalue weighted by Crippen LogP contribution is -2.35. The van der Waals surface area contributed by atoms with E-state index in [9.17, 15) is 0 Å². The Labute approximate surface area is 140 Å². The summed E-state index contributed by atoms with van der Waals surface area (Å²) in [6.45, 7) is 5.80. The summed E-state index contributed by atoms with van der Waals surface area (Å²) < 4.78 is 5.58. The molecule has 0 aromatic heterocycles. The van der Waals surface area contributed by atoms with Crippen molar-refractivity contribution < 1.29 is 4.74 Å². The third-order valence-electron chi connectivity index (χ3n) is 4.98. The van der Waals surface area contributed by atoms with Gasteiger partial charge in [-0.25, -0.2) is 0 Å². The van der Waals surface area contributed by atoms with Crippen molar-refractivity contribution in [3.05, 3.63) is 29.3 Å². The Kier molecular flexibility index (Phi) is 7.00. The van der Waals surface area contributed by atoms with Gasteiger partial charge in [-0.05, 0) is 75.5 Å². The maximum absolute atomic E-state index is 5.58. The standard InChI is InChI=1S/C18H28N2O.ClH/c1-19-9-4-15-5-10-20(11-6-15)12-7-16-2-3-18-17(14-16)8-13-21-18;/h2-3,14-15,19H,4-13H2,1H3;1H. The largest absolute Gasteiger partial charge is 0.493 e. The summed E-state index contributed by atoms with van der Waals surface area (Å²) in [6, 6.07) is 6.74. The number of nitrogens with zero attached hydrogens (tertiary/aromatic N) is 1. The molecule has 3 rings (SSSR count). The van der Waals surface area contributed by atoms with Crippen LogP contribution in [-0.2, 0) is 12.8 Å². The summed E-state index contributed by atoms with van der Waals surface area (Å²) in [6.07, 6.45) is 6.35. The number of likely N-dealkylation sites (tertiary alicyclic amines) is 1. The number of hydrogen-bond donors (Lipinski definition) is 1. The molecule has 1 N–H and O–H groups in total. The molecule has 1 saturated heterocycles. The zero-order valence-electron chi connectivity index (χ0n) is 13.6. The van der Waals surface area contributed by atoms with Crippen LogP contribution < -0.4 is 10.1 Å². The monoisotopic (exact) mass is 324 g/mol. The molecule has 1 aromatic rings. The van der Waals surface area contributed by atoms with E-state index < -0.39 is 0 Å². The van der Waals surface area contributed by atoms with Crippen LogP contribution in [0.15, 0.2) is 18.2 Å². The quantitative estimate of drug-likeness (QED) is 0.870. The summed E-state index contributed by atoms with van der Waals surface area (Å²) in [5, 5.41) is 3.27. The molecule has 2 heterocycles. The minimum absolute atomic E-state index is 0. The molecule has 2 aliphatic rings. The molecule has 0 amide bonds. The lowest BCUT2D eigenvalue weighted by Gasteiger charge is -2.32. The van der Waals surface area contributed by atoms with Crippen molar-refractivity contribution in [1.29, 1.82) is 0 Å². The molecule has 3 nitrogen and oxygen atoms in total. The molecule has 124 valence electrons. The van der Waals surface area contributed by atoms with Gasteiger partial charge in [0.15, 0.2) is 0 Å². The van der Waals surface area contributed by atoms with Gasteiger partial charge in [0.25, 0.3) is 0 Å². The molecule has 1 aromatic carbocycles. The number of halogens is 1. The van der Waals surface area contributed by atoms with Gasteiger partial charge in [-0.1, -0.05) is 12.1 Å². The van der Waals surface area contributed by atoms with E-state index in [4.69, 9.17) is 4.74 Å². The second-order valence-electron chi connectivity index (χ2n) is 6.47. The van der Waals surface area contributed by atoms with Gasteiger partial charge >= 0.3 is 0 Å². The molecular weight excluding hydrogens is 296 g/mol. The van der Waals surface area contributed by atoms with E-state index in [1.54, 1.807) is 0 Å². The fraction of sp³-hybridized carbons (Fsp3) is 0.667. The Bertz CT molecular complexity index is 458. The van der Waals surface area contributed by atoms with Gasteiger partial charge < -0.3 is 15.0 Å². The van der Waals surface area contributed by atoms with Crippen LogP contribution in [0.25, 0.3) is 0 Å². The summed E-state index contributed by atoms with van der Waals surface area (Å²) in [7, 11) is 2.05. The van der Waals surface area contributed by atoms with Crippen molar-refractivity contribution in [2.24, 2.45) is 5.92 Å². The van der Waals surface area contributed by atoms with Gasteiger partial charge in [0.05, 0.1) is 6.61 Å². The molecule has 0 bridgehead atoms. The number of fused-ring (bicyclic) bond motifs is 1. The predicted octanol–water partition coefficient (Wildman–Crippen LogP) is 2.91. The van der Waals surface area contributed by atoms with Crippen LogP contribution in [0.1, 0.15) is 30.4 Å². The van der Waals surface area contributed by atoms with Crippen LogP contribution in [0, 0.1) is 5.92 Å². The number of ether oxygens (including phenoxy) is 1. The lowest BCUT2D eigenvalue weighted by atomic mass is 9.93. The van der Waals surface area contributed by atoms with E-state index in [2.05, 4.69) is 35.5 Å². The van der Waals surface area contributed by atoms with Crippen LogP contribution in [0.5, 0.6) is 5.75 Å². The van der Waals surface area contributed by atoms with Crippen LogP contribution >= 0.6 is 12.4 Å². The van der Waals surface area contributed by atoms with Crippen molar-refractivity contribution in [3.63, 3.8) is 0 Å². The highest BCUT2D eigenvalue weighted by Gasteiger charge is 2.18. The first kappa shape index (κ1) is 17.6. The highest BCUT2D eigenvalue weighted by atomic mass is 35.5. The van der Waals surface area contributed by atoms with Crippen LogP contribution in [-0.4, -0.2) is 44.7 Å². The molecule has 4 heteroatoms. The number of benzene rings is 1. The van der Waals surface area contributed by atoms with Crippen LogP contribution in [0.3, 0.4) is 0 Å². The normalized spacial score (nSPS) is 18.6. The molecule has 0 saturated carbocycles. The second-order valence-corrected chi connectivity index (χ2v) is 6.47. The van der Waals surface area contributed by atoms with Crippen molar-refractivity contribution >= 4 is 12.4 Å². The average Bonchev–Trinajstić information content (AvgIpc) is 2.99. The van der Waals surface area contributed by atoms with Crippen molar-refractivity contribution in [3.8, 4) is 5.75 Å². The Morgan fingerprint density at radius 2 is 2.09 bits per heavy atom. The molecule has 0 radical (unpaired) electrons. The highest BCUT2D eigenvalue weighted by molar-refractivity contribution is 5.85. The molecule has 0 spiro atoms. The van der Waals surface area contributed by atoms with E-state index in [1.807, 2.05) is 0 Å². The van der Waals surface area contributed by atoms with E-state index in [0.717, 1.165) is 24.7 Å². The number of rotatable bonds is 6. The van der Waals surface area contributed by atoms with Gasteiger partial charge in [0.1, 0.15) is 5.75 Å². The number of piperidine rings is 1. The first-order chi connectivity index (χ1) is 10.3. The average molecular weight is 325 g/mol. The topological polar surface area (TPSA) is 24.5 Å². The van der Waals surface area contributed by atoms with Crippen molar-refractivity contribution in [1.82, 2.24) is 10.2 Å². The zero-order valence-corrected chi connectivity index (χ0v) is 14.5.